The number of hydrogen-bond donors (Lipinski definition) is 2. The molecule has 3 amide bonds. The van der Waals surface area contributed by atoms with Crippen molar-refractivity contribution in [3.05, 3.63) is 58.7 Å². The number of nitrogens with zero attached hydrogens (tertiary/aromatic N) is 1. The maximum Gasteiger partial charge on any atom is 0.261 e. The van der Waals surface area contributed by atoms with Crippen molar-refractivity contribution in [1.82, 2.24) is 10.4 Å². The molecule has 1 unspecified atom stereocenters. The van der Waals surface area contributed by atoms with Crippen molar-refractivity contribution in [1.29, 1.82) is 0 Å². The Labute approximate surface area is 168 Å². The number of carbonyl (C=O) groups excluding carboxylic acids is 3. The number of carbonyl (C=O) groups is 3. The van der Waals surface area contributed by atoms with Gasteiger partial charge in [-0.2, -0.15) is 0 Å². The van der Waals surface area contributed by atoms with E-state index < -0.39 is 23.6 Å². The molecule has 0 saturated carbocycles. The average molecular weight is 398 g/mol. The number of rotatable bonds is 7. The molecule has 1 heterocycles. The van der Waals surface area contributed by atoms with E-state index in [1.165, 1.54) is 7.11 Å². The van der Waals surface area contributed by atoms with Crippen LogP contribution in [0, 0.1) is 6.92 Å². The van der Waals surface area contributed by atoms with Gasteiger partial charge in [-0.15, -0.1) is 0 Å². The number of amides is 3. The summed E-state index contributed by atoms with van der Waals surface area (Å²) in [6.07, 6.45) is 0. The zero-order valence-electron chi connectivity index (χ0n) is 16.4. The summed E-state index contributed by atoms with van der Waals surface area (Å²) < 4.78 is 10.8. The largest absolute Gasteiger partial charge is 0.493 e. The summed E-state index contributed by atoms with van der Waals surface area (Å²) in [6, 6.07) is 9.87. The van der Waals surface area contributed by atoms with Crippen molar-refractivity contribution in [2.24, 2.45) is 0 Å². The van der Waals surface area contributed by atoms with E-state index in [9.17, 15) is 19.6 Å². The van der Waals surface area contributed by atoms with Crippen LogP contribution in [0.5, 0.6) is 11.5 Å². The summed E-state index contributed by atoms with van der Waals surface area (Å²) in [5.41, 5.74) is 3.55. The molecule has 0 saturated heterocycles. The molecule has 3 rings (SSSR count). The summed E-state index contributed by atoms with van der Waals surface area (Å²) in [7, 11) is 1.50. The first-order valence-electron chi connectivity index (χ1n) is 9.12. The standard InChI is InChI=1S/C21H22N2O6/c1-4-29-18-10-13(6-8-17(18)28-3)16(19(24)22-27)11-23-20(25)14-7-5-12(2)9-15(14)21(23)26/h5-10,16,27H,4,11H2,1-3H3,(H,22,24). The lowest BCUT2D eigenvalue weighted by Crippen LogP contribution is -2.39. The molecule has 1 aliphatic heterocycles. The third-order valence-corrected chi connectivity index (χ3v) is 4.81. The van der Waals surface area contributed by atoms with Gasteiger partial charge < -0.3 is 9.47 Å². The summed E-state index contributed by atoms with van der Waals surface area (Å²) in [4.78, 5) is 38.9. The van der Waals surface area contributed by atoms with Gasteiger partial charge in [-0.3, -0.25) is 24.5 Å². The first-order valence-corrected chi connectivity index (χ1v) is 9.12. The Kier molecular flexibility index (Phi) is 5.84. The molecule has 29 heavy (non-hydrogen) atoms. The maximum atomic E-state index is 12.8. The molecule has 0 aliphatic carbocycles. The van der Waals surface area contributed by atoms with E-state index in [-0.39, 0.29) is 6.54 Å². The second-order valence-electron chi connectivity index (χ2n) is 6.64. The van der Waals surface area contributed by atoms with Crippen LogP contribution in [0.3, 0.4) is 0 Å². The Bertz CT molecular complexity index is 972. The zero-order chi connectivity index (χ0) is 21.1. The van der Waals surface area contributed by atoms with Crippen LogP contribution < -0.4 is 15.0 Å². The molecule has 2 aromatic carbocycles. The van der Waals surface area contributed by atoms with Crippen LogP contribution >= 0.6 is 0 Å². The molecule has 0 spiro atoms. The number of methoxy groups -OCH3 is 1. The molecule has 0 aromatic heterocycles. The fourth-order valence-electron chi connectivity index (χ4n) is 3.35. The number of ether oxygens (including phenoxy) is 2. The van der Waals surface area contributed by atoms with Gasteiger partial charge in [0.05, 0.1) is 30.8 Å². The lowest BCUT2D eigenvalue weighted by Gasteiger charge is -2.22. The monoisotopic (exact) mass is 398 g/mol. The highest BCUT2D eigenvalue weighted by Gasteiger charge is 2.38. The topological polar surface area (TPSA) is 105 Å². The van der Waals surface area contributed by atoms with E-state index in [2.05, 4.69) is 0 Å². The molecule has 0 bridgehead atoms. The van der Waals surface area contributed by atoms with Crippen molar-refractivity contribution in [2.45, 2.75) is 19.8 Å². The van der Waals surface area contributed by atoms with Crippen molar-refractivity contribution >= 4 is 17.7 Å². The van der Waals surface area contributed by atoms with E-state index in [0.717, 1.165) is 10.5 Å². The minimum Gasteiger partial charge on any atom is -0.493 e. The summed E-state index contributed by atoms with van der Waals surface area (Å²) in [6.45, 7) is 3.80. The lowest BCUT2D eigenvalue weighted by atomic mass is 9.97. The Hall–Kier alpha value is -3.39. The van der Waals surface area contributed by atoms with Gasteiger partial charge in [0.2, 0.25) is 0 Å². The van der Waals surface area contributed by atoms with Crippen LogP contribution in [0.2, 0.25) is 0 Å². The van der Waals surface area contributed by atoms with Crippen molar-refractivity contribution in [3.8, 4) is 11.5 Å². The van der Waals surface area contributed by atoms with Gasteiger partial charge in [0.1, 0.15) is 0 Å². The summed E-state index contributed by atoms with van der Waals surface area (Å²) in [5.74, 6) is -1.78. The quantitative estimate of drug-likeness (QED) is 0.421. The lowest BCUT2D eigenvalue weighted by molar-refractivity contribution is -0.130. The van der Waals surface area contributed by atoms with Gasteiger partial charge in [-0.25, -0.2) is 5.48 Å². The Morgan fingerprint density at radius 3 is 2.48 bits per heavy atom. The van der Waals surface area contributed by atoms with Gasteiger partial charge in [0.25, 0.3) is 17.7 Å². The number of fused-ring (bicyclic) bond motifs is 1. The summed E-state index contributed by atoms with van der Waals surface area (Å²) >= 11 is 0. The molecular weight excluding hydrogens is 376 g/mol. The number of hydroxylamine groups is 1. The van der Waals surface area contributed by atoms with Crippen molar-refractivity contribution in [2.75, 3.05) is 20.3 Å². The van der Waals surface area contributed by atoms with Crippen molar-refractivity contribution in [3.63, 3.8) is 0 Å². The van der Waals surface area contributed by atoms with Gasteiger partial charge in [0, 0.05) is 6.54 Å². The van der Waals surface area contributed by atoms with Crippen LogP contribution in [-0.2, 0) is 4.79 Å². The van der Waals surface area contributed by atoms with Gasteiger partial charge in [-0.05, 0) is 43.7 Å². The van der Waals surface area contributed by atoms with E-state index in [4.69, 9.17) is 9.47 Å². The predicted octanol–water partition coefficient (Wildman–Crippen LogP) is 2.29. The molecule has 1 atom stereocenters. The van der Waals surface area contributed by atoms with E-state index in [0.29, 0.717) is 34.8 Å². The van der Waals surface area contributed by atoms with Crippen LogP contribution in [-0.4, -0.2) is 48.1 Å². The average Bonchev–Trinajstić information content (AvgIpc) is 2.95. The number of imide groups is 1. The van der Waals surface area contributed by atoms with Crippen LogP contribution in [0.15, 0.2) is 36.4 Å². The molecule has 2 aromatic rings. The molecule has 8 nitrogen and oxygen atoms in total. The minimum atomic E-state index is -0.992. The first-order chi connectivity index (χ1) is 13.9. The normalized spacial score (nSPS) is 13.9. The zero-order valence-corrected chi connectivity index (χ0v) is 16.4. The number of aryl methyl sites for hydroxylation is 1. The van der Waals surface area contributed by atoms with Crippen LogP contribution in [0.25, 0.3) is 0 Å². The van der Waals surface area contributed by atoms with Crippen LogP contribution in [0.1, 0.15) is 44.7 Å². The molecule has 1 aliphatic rings. The second kappa shape index (κ2) is 8.32. The molecule has 2 N–H and O–H groups in total. The van der Waals surface area contributed by atoms with Crippen molar-refractivity contribution < 1.29 is 29.1 Å². The highest BCUT2D eigenvalue weighted by Crippen LogP contribution is 2.33. The second-order valence-corrected chi connectivity index (χ2v) is 6.64. The first kappa shape index (κ1) is 20.3. The van der Waals surface area contributed by atoms with Gasteiger partial charge in [-0.1, -0.05) is 17.7 Å². The fourth-order valence-corrected chi connectivity index (χ4v) is 3.35. The fraction of sp³-hybridized carbons (Fsp3) is 0.286. The highest BCUT2D eigenvalue weighted by molar-refractivity contribution is 6.21. The molecule has 0 radical (unpaired) electrons. The van der Waals surface area contributed by atoms with Gasteiger partial charge >= 0.3 is 0 Å². The number of benzene rings is 2. The number of hydrogen-bond acceptors (Lipinski definition) is 6. The maximum absolute atomic E-state index is 12.8. The predicted molar refractivity (Wildman–Crippen MR) is 103 cm³/mol. The Morgan fingerprint density at radius 2 is 1.83 bits per heavy atom. The third kappa shape index (κ3) is 3.79. The van der Waals surface area contributed by atoms with E-state index >= 15 is 0 Å². The van der Waals surface area contributed by atoms with E-state index in [1.807, 2.05) is 13.8 Å². The highest BCUT2D eigenvalue weighted by atomic mass is 16.5. The molecular formula is C21H22N2O6. The summed E-state index contributed by atoms with van der Waals surface area (Å²) in [5, 5.41) is 9.21. The van der Waals surface area contributed by atoms with Crippen LogP contribution in [0.4, 0.5) is 0 Å². The minimum absolute atomic E-state index is 0.227. The number of nitrogens with one attached hydrogen (secondary N) is 1. The third-order valence-electron chi connectivity index (χ3n) is 4.81. The SMILES string of the molecule is CCOc1cc(C(CN2C(=O)c3ccc(C)cc3C2=O)C(=O)NO)ccc1OC. The molecule has 0 fully saturated rings. The Morgan fingerprint density at radius 1 is 1.10 bits per heavy atom. The molecule has 152 valence electrons. The van der Waals surface area contributed by atoms with Gasteiger partial charge in [0.15, 0.2) is 11.5 Å². The smallest absolute Gasteiger partial charge is 0.261 e. The van der Waals surface area contributed by atoms with E-state index in [1.54, 1.807) is 41.9 Å². The Balaban J connectivity index is 1.95. The molecule has 8 heteroatoms.